The number of benzene rings is 1. The van der Waals surface area contributed by atoms with Crippen LogP contribution in [0.4, 0.5) is 0 Å². The summed E-state index contributed by atoms with van der Waals surface area (Å²) in [5.41, 5.74) is 2.54. The minimum Gasteiger partial charge on any atom is -0.497 e. The highest BCUT2D eigenvalue weighted by Crippen LogP contribution is 2.14. The van der Waals surface area contributed by atoms with Gasteiger partial charge >= 0.3 is 0 Å². The van der Waals surface area contributed by atoms with Crippen molar-refractivity contribution in [1.29, 1.82) is 0 Å². The van der Waals surface area contributed by atoms with Crippen LogP contribution in [-0.2, 0) is 13.1 Å². The average molecular weight is 230 g/mol. The first kappa shape index (κ1) is 11.7. The van der Waals surface area contributed by atoms with Crippen molar-refractivity contribution in [2.75, 3.05) is 14.2 Å². The first-order chi connectivity index (χ1) is 8.33. The summed E-state index contributed by atoms with van der Waals surface area (Å²) >= 11 is 0. The molecule has 0 saturated heterocycles. The maximum absolute atomic E-state index is 5.23. The van der Waals surface area contributed by atoms with Gasteiger partial charge < -0.3 is 14.6 Å². The fourth-order valence-electron chi connectivity index (χ4n) is 1.91. The molecule has 17 heavy (non-hydrogen) atoms. The Labute approximate surface area is 102 Å². The molecule has 0 radical (unpaired) electrons. The molecule has 0 amide bonds. The number of ether oxygens (including phenoxy) is 1. The molecule has 0 atom stereocenters. The van der Waals surface area contributed by atoms with Gasteiger partial charge in [-0.1, -0.05) is 12.1 Å². The van der Waals surface area contributed by atoms with Crippen LogP contribution in [0, 0.1) is 0 Å². The van der Waals surface area contributed by atoms with E-state index in [0.29, 0.717) is 0 Å². The minimum absolute atomic E-state index is 0.876. The van der Waals surface area contributed by atoms with Crippen LogP contribution in [0.1, 0.15) is 11.3 Å². The molecular formula is C14H18N2O. The van der Waals surface area contributed by atoms with Gasteiger partial charge in [-0.05, 0) is 36.9 Å². The van der Waals surface area contributed by atoms with E-state index in [9.17, 15) is 0 Å². The van der Waals surface area contributed by atoms with Gasteiger partial charge in [0.2, 0.25) is 0 Å². The van der Waals surface area contributed by atoms with Gasteiger partial charge in [0.05, 0.1) is 7.11 Å². The number of aromatic nitrogens is 1. The van der Waals surface area contributed by atoms with Gasteiger partial charge in [-0.15, -0.1) is 0 Å². The van der Waals surface area contributed by atoms with Crippen LogP contribution in [0.2, 0.25) is 0 Å². The second-order valence-electron chi connectivity index (χ2n) is 4.01. The molecule has 1 N–H and O–H groups in total. The molecule has 2 aromatic rings. The third kappa shape index (κ3) is 2.88. The van der Waals surface area contributed by atoms with Crippen molar-refractivity contribution in [3.8, 4) is 5.75 Å². The second-order valence-corrected chi connectivity index (χ2v) is 4.01. The third-order valence-corrected chi connectivity index (χ3v) is 2.77. The lowest BCUT2D eigenvalue weighted by Gasteiger charge is -2.10. The van der Waals surface area contributed by atoms with Crippen molar-refractivity contribution < 1.29 is 4.74 Å². The van der Waals surface area contributed by atoms with Crippen LogP contribution in [0.25, 0.3) is 0 Å². The van der Waals surface area contributed by atoms with E-state index in [1.165, 1.54) is 11.3 Å². The van der Waals surface area contributed by atoms with Crippen LogP contribution in [0.5, 0.6) is 5.75 Å². The van der Waals surface area contributed by atoms with Gasteiger partial charge in [-0.2, -0.15) is 0 Å². The van der Waals surface area contributed by atoms with Gasteiger partial charge in [0.15, 0.2) is 0 Å². The van der Waals surface area contributed by atoms with Crippen LogP contribution in [0.3, 0.4) is 0 Å². The Balaban J connectivity index is 2.16. The molecule has 0 aliphatic heterocycles. The number of nitrogens with zero attached hydrogens (tertiary/aromatic N) is 1. The zero-order chi connectivity index (χ0) is 12.1. The first-order valence-corrected chi connectivity index (χ1v) is 5.75. The van der Waals surface area contributed by atoms with Crippen LogP contribution in [0.15, 0.2) is 42.6 Å². The molecule has 1 heterocycles. The van der Waals surface area contributed by atoms with E-state index in [0.717, 1.165) is 18.8 Å². The summed E-state index contributed by atoms with van der Waals surface area (Å²) in [5, 5.41) is 3.17. The molecule has 0 spiro atoms. The molecule has 2 rings (SSSR count). The smallest absolute Gasteiger partial charge is 0.119 e. The molecule has 0 aliphatic carbocycles. The van der Waals surface area contributed by atoms with Crippen molar-refractivity contribution in [3.05, 3.63) is 53.9 Å². The highest BCUT2D eigenvalue weighted by atomic mass is 16.5. The summed E-state index contributed by atoms with van der Waals surface area (Å²) in [6.07, 6.45) is 2.10. The maximum Gasteiger partial charge on any atom is 0.119 e. The van der Waals surface area contributed by atoms with E-state index >= 15 is 0 Å². The van der Waals surface area contributed by atoms with Crippen molar-refractivity contribution in [2.24, 2.45) is 0 Å². The van der Waals surface area contributed by atoms with E-state index in [-0.39, 0.29) is 0 Å². The molecule has 1 aromatic carbocycles. The fourth-order valence-corrected chi connectivity index (χ4v) is 1.91. The Hall–Kier alpha value is -1.74. The molecule has 0 bridgehead atoms. The highest BCUT2D eigenvalue weighted by Gasteiger charge is 2.01. The van der Waals surface area contributed by atoms with E-state index in [4.69, 9.17) is 4.74 Å². The topological polar surface area (TPSA) is 26.2 Å². The molecule has 90 valence electrons. The largest absolute Gasteiger partial charge is 0.497 e. The predicted molar refractivity (Wildman–Crippen MR) is 69.3 cm³/mol. The van der Waals surface area contributed by atoms with E-state index in [1.807, 2.05) is 19.2 Å². The maximum atomic E-state index is 5.23. The summed E-state index contributed by atoms with van der Waals surface area (Å²) < 4.78 is 7.47. The highest BCUT2D eigenvalue weighted by molar-refractivity contribution is 5.29. The second kappa shape index (κ2) is 5.55. The van der Waals surface area contributed by atoms with Crippen LogP contribution in [-0.4, -0.2) is 18.7 Å². The molecule has 0 unspecified atom stereocenters. The first-order valence-electron chi connectivity index (χ1n) is 5.75. The lowest BCUT2D eigenvalue weighted by Crippen LogP contribution is -2.11. The van der Waals surface area contributed by atoms with E-state index in [2.05, 4.69) is 40.3 Å². The molecule has 3 nitrogen and oxygen atoms in total. The van der Waals surface area contributed by atoms with Crippen LogP contribution < -0.4 is 10.1 Å². The van der Waals surface area contributed by atoms with Crippen molar-refractivity contribution >= 4 is 0 Å². The molecule has 0 aliphatic rings. The number of rotatable bonds is 5. The molecule has 0 saturated carbocycles. The van der Waals surface area contributed by atoms with Crippen LogP contribution >= 0.6 is 0 Å². The number of hydrogen-bond acceptors (Lipinski definition) is 2. The summed E-state index contributed by atoms with van der Waals surface area (Å²) in [6, 6.07) is 12.4. The Morgan fingerprint density at radius 1 is 1.24 bits per heavy atom. The van der Waals surface area contributed by atoms with Gasteiger partial charge in [-0.3, -0.25) is 0 Å². The van der Waals surface area contributed by atoms with Gasteiger partial charge in [0, 0.05) is 25.0 Å². The van der Waals surface area contributed by atoms with Gasteiger partial charge in [-0.25, -0.2) is 0 Å². The Morgan fingerprint density at radius 2 is 2.12 bits per heavy atom. The SMILES string of the molecule is CNCc1cccn1Cc1cccc(OC)c1. The number of nitrogens with one attached hydrogen (secondary N) is 1. The van der Waals surface area contributed by atoms with Crippen molar-refractivity contribution in [1.82, 2.24) is 9.88 Å². The molecular weight excluding hydrogens is 212 g/mol. The Bertz CT molecular complexity index is 477. The van der Waals surface area contributed by atoms with Crippen molar-refractivity contribution in [3.63, 3.8) is 0 Å². The van der Waals surface area contributed by atoms with E-state index < -0.39 is 0 Å². The number of hydrogen-bond donors (Lipinski definition) is 1. The zero-order valence-electron chi connectivity index (χ0n) is 10.3. The predicted octanol–water partition coefficient (Wildman–Crippen LogP) is 2.26. The van der Waals surface area contributed by atoms with Crippen molar-refractivity contribution in [2.45, 2.75) is 13.1 Å². The quantitative estimate of drug-likeness (QED) is 0.852. The van der Waals surface area contributed by atoms with E-state index in [1.54, 1.807) is 7.11 Å². The lowest BCUT2D eigenvalue weighted by molar-refractivity contribution is 0.414. The summed E-state index contributed by atoms with van der Waals surface area (Å²) in [7, 11) is 3.66. The summed E-state index contributed by atoms with van der Waals surface area (Å²) in [4.78, 5) is 0. The Kier molecular flexibility index (Phi) is 3.83. The van der Waals surface area contributed by atoms with Gasteiger partial charge in [0.1, 0.15) is 5.75 Å². The number of methoxy groups -OCH3 is 1. The standard InChI is InChI=1S/C14H18N2O/c1-15-10-13-6-4-8-16(13)11-12-5-3-7-14(9-12)17-2/h3-9,15H,10-11H2,1-2H3. The normalized spacial score (nSPS) is 10.5. The molecule has 0 fully saturated rings. The average Bonchev–Trinajstić information content (AvgIpc) is 2.78. The minimum atomic E-state index is 0.876. The third-order valence-electron chi connectivity index (χ3n) is 2.77. The zero-order valence-corrected chi connectivity index (χ0v) is 10.3. The summed E-state index contributed by atoms with van der Waals surface area (Å²) in [5.74, 6) is 0.907. The molecule has 1 aromatic heterocycles. The lowest BCUT2D eigenvalue weighted by atomic mass is 10.2. The molecule has 3 heteroatoms. The fraction of sp³-hybridized carbons (Fsp3) is 0.286. The summed E-state index contributed by atoms with van der Waals surface area (Å²) in [6.45, 7) is 1.76. The monoisotopic (exact) mass is 230 g/mol. The Morgan fingerprint density at radius 3 is 2.88 bits per heavy atom. The van der Waals surface area contributed by atoms with Gasteiger partial charge in [0.25, 0.3) is 0 Å².